The van der Waals surface area contributed by atoms with Gasteiger partial charge < -0.3 is 20.3 Å². The van der Waals surface area contributed by atoms with Crippen molar-refractivity contribution in [2.75, 3.05) is 51.3 Å². The summed E-state index contributed by atoms with van der Waals surface area (Å²) in [6.07, 6.45) is 3.02. The van der Waals surface area contributed by atoms with Crippen LogP contribution in [0.2, 0.25) is 0 Å². The SMILES string of the molecule is COCCN1CCC(NC(=O)NC2CCCN(c3ccc(C)nn3)C2)C1. The molecule has 0 saturated carbocycles. The summed E-state index contributed by atoms with van der Waals surface area (Å²) in [6, 6.07) is 4.26. The van der Waals surface area contributed by atoms with Crippen molar-refractivity contribution in [3.63, 3.8) is 0 Å². The molecular weight excluding hydrogens is 332 g/mol. The van der Waals surface area contributed by atoms with E-state index in [0.717, 1.165) is 70.1 Å². The van der Waals surface area contributed by atoms with Crippen LogP contribution in [0.25, 0.3) is 0 Å². The van der Waals surface area contributed by atoms with Crippen LogP contribution < -0.4 is 15.5 Å². The van der Waals surface area contributed by atoms with E-state index in [1.165, 1.54) is 0 Å². The Balaban J connectivity index is 1.43. The largest absolute Gasteiger partial charge is 0.383 e. The van der Waals surface area contributed by atoms with E-state index in [9.17, 15) is 4.79 Å². The smallest absolute Gasteiger partial charge is 0.315 e. The summed E-state index contributed by atoms with van der Waals surface area (Å²) >= 11 is 0. The third kappa shape index (κ3) is 5.28. The number of nitrogens with one attached hydrogen (secondary N) is 2. The van der Waals surface area contributed by atoms with Crippen molar-refractivity contribution in [3.05, 3.63) is 17.8 Å². The highest BCUT2D eigenvalue weighted by molar-refractivity contribution is 5.74. The van der Waals surface area contributed by atoms with Crippen LogP contribution in [-0.4, -0.2) is 79.7 Å². The molecule has 2 aliphatic heterocycles. The molecule has 2 fully saturated rings. The lowest BCUT2D eigenvalue weighted by molar-refractivity contribution is 0.159. The summed E-state index contributed by atoms with van der Waals surface area (Å²) in [7, 11) is 1.72. The maximum atomic E-state index is 12.4. The average molecular weight is 362 g/mol. The number of nitrogens with zero attached hydrogens (tertiary/aromatic N) is 4. The number of carbonyl (C=O) groups is 1. The number of carbonyl (C=O) groups excluding carboxylic acids is 1. The van der Waals surface area contributed by atoms with Gasteiger partial charge in [0.25, 0.3) is 0 Å². The molecular formula is C18H30N6O2. The van der Waals surface area contributed by atoms with E-state index in [1.54, 1.807) is 7.11 Å². The maximum absolute atomic E-state index is 12.4. The number of aromatic nitrogens is 2. The topological polar surface area (TPSA) is 82.6 Å². The fourth-order valence-electron chi connectivity index (χ4n) is 3.65. The lowest BCUT2D eigenvalue weighted by Crippen LogP contribution is -2.52. The van der Waals surface area contributed by atoms with Crippen LogP contribution >= 0.6 is 0 Å². The Morgan fingerprint density at radius 2 is 2.00 bits per heavy atom. The number of piperidine rings is 1. The summed E-state index contributed by atoms with van der Waals surface area (Å²) in [5.41, 5.74) is 0.913. The maximum Gasteiger partial charge on any atom is 0.315 e. The van der Waals surface area contributed by atoms with Crippen molar-refractivity contribution in [1.29, 1.82) is 0 Å². The lowest BCUT2D eigenvalue weighted by atomic mass is 10.1. The van der Waals surface area contributed by atoms with Crippen molar-refractivity contribution < 1.29 is 9.53 Å². The summed E-state index contributed by atoms with van der Waals surface area (Å²) in [5, 5.41) is 14.6. The lowest BCUT2D eigenvalue weighted by Gasteiger charge is -2.33. The van der Waals surface area contributed by atoms with E-state index in [1.807, 2.05) is 19.1 Å². The molecule has 1 aromatic heterocycles. The standard InChI is InChI=1S/C18H30N6O2/c1-14-5-6-17(22-21-14)24-8-3-4-15(13-24)19-18(25)20-16-7-9-23(12-16)10-11-26-2/h5-6,15-16H,3-4,7-13H2,1-2H3,(H2,19,20,25). The van der Waals surface area contributed by atoms with Crippen LogP contribution in [0.15, 0.2) is 12.1 Å². The van der Waals surface area contributed by atoms with E-state index >= 15 is 0 Å². The molecule has 2 atom stereocenters. The van der Waals surface area contributed by atoms with Crippen LogP contribution in [0, 0.1) is 6.92 Å². The van der Waals surface area contributed by atoms with Gasteiger partial charge in [-0.3, -0.25) is 4.90 Å². The number of hydrogen-bond acceptors (Lipinski definition) is 6. The summed E-state index contributed by atoms with van der Waals surface area (Å²) < 4.78 is 5.12. The molecule has 2 saturated heterocycles. The van der Waals surface area contributed by atoms with Gasteiger partial charge in [-0.2, -0.15) is 5.10 Å². The van der Waals surface area contributed by atoms with Gasteiger partial charge in [0, 0.05) is 51.9 Å². The highest BCUT2D eigenvalue weighted by Gasteiger charge is 2.26. The molecule has 1 aromatic rings. The van der Waals surface area contributed by atoms with Gasteiger partial charge in [-0.15, -0.1) is 5.10 Å². The van der Waals surface area contributed by atoms with Crippen molar-refractivity contribution in [3.8, 4) is 0 Å². The third-order valence-corrected chi connectivity index (χ3v) is 5.08. The van der Waals surface area contributed by atoms with Crippen LogP contribution in [0.1, 0.15) is 25.0 Å². The number of urea groups is 1. The molecule has 3 heterocycles. The molecule has 2 unspecified atom stereocenters. The minimum absolute atomic E-state index is 0.0644. The normalized spacial score (nSPS) is 23.8. The van der Waals surface area contributed by atoms with E-state index in [0.29, 0.717) is 0 Å². The van der Waals surface area contributed by atoms with Crippen molar-refractivity contribution >= 4 is 11.8 Å². The Labute approximate surface area is 155 Å². The number of ether oxygens (including phenoxy) is 1. The number of rotatable bonds is 6. The second-order valence-electron chi connectivity index (χ2n) is 7.21. The van der Waals surface area contributed by atoms with Crippen LogP contribution in [0.4, 0.5) is 10.6 Å². The monoisotopic (exact) mass is 362 g/mol. The van der Waals surface area contributed by atoms with Crippen LogP contribution in [-0.2, 0) is 4.74 Å². The molecule has 3 rings (SSSR count). The first-order valence-electron chi connectivity index (χ1n) is 9.47. The van der Waals surface area contributed by atoms with Crippen molar-refractivity contribution in [1.82, 2.24) is 25.7 Å². The molecule has 26 heavy (non-hydrogen) atoms. The van der Waals surface area contributed by atoms with Gasteiger partial charge in [0.2, 0.25) is 0 Å². The van der Waals surface area contributed by atoms with Crippen molar-refractivity contribution in [2.45, 2.75) is 38.3 Å². The van der Waals surface area contributed by atoms with Crippen LogP contribution in [0.3, 0.4) is 0 Å². The number of anilines is 1. The highest BCUT2D eigenvalue weighted by atomic mass is 16.5. The Kier molecular flexibility index (Phi) is 6.62. The van der Waals surface area contributed by atoms with Gasteiger partial charge in [-0.05, 0) is 38.3 Å². The molecule has 0 bridgehead atoms. The van der Waals surface area contributed by atoms with Gasteiger partial charge in [-0.1, -0.05) is 0 Å². The molecule has 0 aromatic carbocycles. The molecule has 2 amide bonds. The van der Waals surface area contributed by atoms with Gasteiger partial charge in [0.15, 0.2) is 5.82 Å². The molecule has 2 aliphatic rings. The quantitative estimate of drug-likeness (QED) is 0.778. The molecule has 8 nitrogen and oxygen atoms in total. The average Bonchev–Trinajstić information content (AvgIpc) is 3.08. The molecule has 0 radical (unpaired) electrons. The van der Waals surface area contributed by atoms with Gasteiger partial charge >= 0.3 is 6.03 Å². The first-order chi connectivity index (χ1) is 12.6. The summed E-state index contributed by atoms with van der Waals surface area (Å²) in [5.74, 6) is 0.882. The van der Waals surface area contributed by atoms with Crippen molar-refractivity contribution in [2.24, 2.45) is 0 Å². The Bertz CT molecular complexity index is 582. The molecule has 144 valence electrons. The zero-order valence-corrected chi connectivity index (χ0v) is 15.8. The molecule has 2 N–H and O–H groups in total. The Hall–Kier alpha value is -1.93. The van der Waals surface area contributed by atoms with E-state index < -0.39 is 0 Å². The first-order valence-corrected chi connectivity index (χ1v) is 9.47. The minimum Gasteiger partial charge on any atom is -0.383 e. The van der Waals surface area contributed by atoms with E-state index in [-0.39, 0.29) is 18.1 Å². The molecule has 0 aliphatic carbocycles. The predicted molar refractivity (Wildman–Crippen MR) is 100 cm³/mol. The molecule has 0 spiro atoms. The number of methoxy groups -OCH3 is 1. The number of amides is 2. The fourth-order valence-corrected chi connectivity index (χ4v) is 3.65. The van der Waals surface area contributed by atoms with E-state index in [4.69, 9.17) is 4.74 Å². The number of hydrogen-bond donors (Lipinski definition) is 2. The number of likely N-dealkylation sites (tertiary alicyclic amines) is 1. The zero-order valence-electron chi connectivity index (χ0n) is 15.8. The predicted octanol–water partition coefficient (Wildman–Crippen LogP) is 0.774. The fraction of sp³-hybridized carbons (Fsp3) is 0.722. The van der Waals surface area contributed by atoms with Gasteiger partial charge in [-0.25, -0.2) is 4.79 Å². The Morgan fingerprint density at radius 1 is 1.19 bits per heavy atom. The first kappa shape index (κ1) is 18.8. The number of aryl methyl sites for hydroxylation is 1. The van der Waals surface area contributed by atoms with Crippen LogP contribution in [0.5, 0.6) is 0 Å². The zero-order chi connectivity index (χ0) is 18.4. The Morgan fingerprint density at radius 3 is 2.73 bits per heavy atom. The van der Waals surface area contributed by atoms with Gasteiger partial charge in [0.05, 0.1) is 12.3 Å². The summed E-state index contributed by atoms with van der Waals surface area (Å²) in [6.45, 7) is 7.22. The third-order valence-electron chi connectivity index (χ3n) is 5.08. The van der Waals surface area contributed by atoms with Gasteiger partial charge in [0.1, 0.15) is 0 Å². The second kappa shape index (κ2) is 9.14. The highest BCUT2D eigenvalue weighted by Crippen LogP contribution is 2.17. The molecule has 8 heteroatoms. The summed E-state index contributed by atoms with van der Waals surface area (Å²) in [4.78, 5) is 16.9. The minimum atomic E-state index is -0.0644. The second-order valence-corrected chi connectivity index (χ2v) is 7.21. The van der Waals surface area contributed by atoms with E-state index in [2.05, 4.69) is 30.6 Å².